The van der Waals surface area contributed by atoms with Crippen molar-refractivity contribution in [2.75, 3.05) is 13.1 Å². The smallest absolute Gasteiger partial charge is 0.217 e. The molecule has 1 aliphatic heterocycles. The van der Waals surface area contributed by atoms with Crippen molar-refractivity contribution in [3.05, 3.63) is 44.9 Å². The summed E-state index contributed by atoms with van der Waals surface area (Å²) in [6, 6.07) is 3.10. The summed E-state index contributed by atoms with van der Waals surface area (Å²) in [5.74, 6) is -1.29. The predicted octanol–water partition coefficient (Wildman–Crippen LogP) is 2.21. The number of carbonyl (C=O) groups excluding carboxylic acids is 1. The van der Waals surface area contributed by atoms with E-state index in [-0.39, 0.29) is 22.3 Å². The Balaban J connectivity index is 1.92. The van der Waals surface area contributed by atoms with Crippen LogP contribution in [0.2, 0.25) is 5.02 Å². The van der Waals surface area contributed by atoms with E-state index >= 15 is 0 Å². The number of benzene rings is 1. The molecule has 1 N–H and O–H groups in total. The van der Waals surface area contributed by atoms with Gasteiger partial charge >= 0.3 is 0 Å². The lowest BCUT2D eigenvalue weighted by atomic mass is 10.1. The molecule has 8 heteroatoms. The molecule has 1 aliphatic rings. The molecule has 0 unspecified atom stereocenters. The Morgan fingerprint density at radius 3 is 2.90 bits per heavy atom. The van der Waals surface area contributed by atoms with E-state index in [1.807, 2.05) is 0 Å². The third kappa shape index (κ3) is 2.25. The summed E-state index contributed by atoms with van der Waals surface area (Å²) in [6.45, 7) is 1.57. The lowest BCUT2D eigenvalue weighted by molar-refractivity contribution is 0.103. The highest BCUT2D eigenvalue weighted by molar-refractivity contribution is 9.10. The van der Waals surface area contributed by atoms with Crippen LogP contribution in [-0.4, -0.2) is 33.9 Å². The minimum atomic E-state index is -0.758. The molecule has 2 aromatic rings. The summed E-state index contributed by atoms with van der Waals surface area (Å²) in [4.78, 5) is 12.2. The number of rotatable bonds is 3. The average molecular weight is 360 g/mol. The molecule has 0 radical (unpaired) electrons. The zero-order valence-electron chi connectivity index (χ0n) is 10.1. The Bertz CT molecular complexity index is 686. The number of ketones is 1. The number of nitrogens with one attached hydrogen (secondary N) is 1. The highest BCUT2D eigenvalue weighted by Crippen LogP contribution is 2.28. The molecule has 0 atom stereocenters. The summed E-state index contributed by atoms with van der Waals surface area (Å²) in [5, 5.41) is 10.7. The van der Waals surface area contributed by atoms with Crippen molar-refractivity contribution in [2.24, 2.45) is 0 Å². The molecule has 104 valence electrons. The second-order valence-corrected chi connectivity index (χ2v) is 5.68. The molecule has 0 amide bonds. The molecule has 1 saturated heterocycles. The van der Waals surface area contributed by atoms with Gasteiger partial charge in [0.15, 0.2) is 11.5 Å². The number of halogens is 3. The largest absolute Gasteiger partial charge is 0.312 e. The highest BCUT2D eigenvalue weighted by Gasteiger charge is 2.24. The van der Waals surface area contributed by atoms with Gasteiger partial charge in [-0.15, -0.1) is 5.10 Å². The molecule has 0 spiro atoms. The summed E-state index contributed by atoms with van der Waals surface area (Å²) >= 11 is 8.88. The van der Waals surface area contributed by atoms with Gasteiger partial charge in [0.05, 0.1) is 22.8 Å². The molecule has 1 aromatic heterocycles. The van der Waals surface area contributed by atoms with Gasteiger partial charge in [0.2, 0.25) is 5.78 Å². The summed E-state index contributed by atoms with van der Waals surface area (Å²) < 4.78 is 16.0. The first-order chi connectivity index (χ1) is 9.58. The van der Waals surface area contributed by atoms with Gasteiger partial charge in [0.1, 0.15) is 0 Å². The van der Waals surface area contributed by atoms with Gasteiger partial charge in [-0.2, -0.15) is 0 Å². The molecule has 3 rings (SSSR count). The topological polar surface area (TPSA) is 59.8 Å². The lowest BCUT2D eigenvalue weighted by Crippen LogP contribution is -2.43. The van der Waals surface area contributed by atoms with Crippen LogP contribution >= 0.6 is 27.5 Å². The Morgan fingerprint density at radius 1 is 1.50 bits per heavy atom. The number of hydrogen-bond acceptors (Lipinski definition) is 4. The molecule has 0 aliphatic carbocycles. The van der Waals surface area contributed by atoms with E-state index in [1.54, 1.807) is 4.68 Å². The Morgan fingerprint density at radius 2 is 2.25 bits per heavy atom. The molecule has 20 heavy (non-hydrogen) atoms. The van der Waals surface area contributed by atoms with E-state index in [4.69, 9.17) is 11.6 Å². The first-order valence-corrected chi connectivity index (χ1v) is 7.06. The predicted molar refractivity (Wildman–Crippen MR) is 74.5 cm³/mol. The number of aromatic nitrogens is 3. The van der Waals surface area contributed by atoms with Gasteiger partial charge in [-0.05, 0) is 28.1 Å². The van der Waals surface area contributed by atoms with E-state index in [1.165, 1.54) is 18.3 Å². The minimum Gasteiger partial charge on any atom is -0.312 e. The van der Waals surface area contributed by atoms with E-state index < -0.39 is 11.6 Å². The monoisotopic (exact) mass is 358 g/mol. The van der Waals surface area contributed by atoms with Crippen LogP contribution in [0.25, 0.3) is 0 Å². The van der Waals surface area contributed by atoms with Crippen molar-refractivity contribution >= 4 is 33.3 Å². The molecule has 5 nitrogen and oxygen atoms in total. The maximum atomic E-state index is 14.0. The molecule has 1 fully saturated rings. The van der Waals surface area contributed by atoms with Crippen molar-refractivity contribution in [2.45, 2.75) is 6.04 Å². The maximum Gasteiger partial charge on any atom is 0.217 e. The van der Waals surface area contributed by atoms with Crippen molar-refractivity contribution in [1.29, 1.82) is 0 Å². The third-order valence-electron chi connectivity index (χ3n) is 3.16. The van der Waals surface area contributed by atoms with Gasteiger partial charge in [0.25, 0.3) is 0 Å². The molecule has 1 aromatic carbocycles. The van der Waals surface area contributed by atoms with E-state index in [0.29, 0.717) is 4.47 Å². The minimum absolute atomic E-state index is 0.106. The van der Waals surface area contributed by atoms with Crippen molar-refractivity contribution in [3.8, 4) is 0 Å². The van der Waals surface area contributed by atoms with Crippen molar-refractivity contribution in [1.82, 2.24) is 20.3 Å². The van der Waals surface area contributed by atoms with Crippen LogP contribution in [0.5, 0.6) is 0 Å². The second-order valence-electron chi connectivity index (χ2n) is 4.45. The fourth-order valence-corrected chi connectivity index (χ4v) is 2.33. The normalized spacial score (nSPS) is 15.2. The SMILES string of the molecule is O=C(c1cn(C2CNC2)nn1)c1ccc(Br)c(Cl)c1F. The van der Waals surface area contributed by atoms with Crippen LogP contribution in [-0.2, 0) is 0 Å². The van der Waals surface area contributed by atoms with Crippen LogP contribution in [0.15, 0.2) is 22.8 Å². The Kier molecular flexibility index (Phi) is 3.57. The zero-order valence-corrected chi connectivity index (χ0v) is 12.4. The van der Waals surface area contributed by atoms with Gasteiger partial charge in [-0.25, -0.2) is 9.07 Å². The van der Waals surface area contributed by atoms with Gasteiger partial charge < -0.3 is 5.32 Å². The van der Waals surface area contributed by atoms with Crippen LogP contribution in [0.1, 0.15) is 22.1 Å². The van der Waals surface area contributed by atoms with Crippen molar-refractivity contribution < 1.29 is 9.18 Å². The molecular weight excluding hydrogens is 351 g/mol. The van der Waals surface area contributed by atoms with Gasteiger partial charge in [-0.3, -0.25) is 4.79 Å². The number of nitrogens with zero attached hydrogens (tertiary/aromatic N) is 3. The lowest BCUT2D eigenvalue weighted by Gasteiger charge is -2.26. The van der Waals surface area contributed by atoms with Crippen LogP contribution in [0.3, 0.4) is 0 Å². The quantitative estimate of drug-likeness (QED) is 0.674. The van der Waals surface area contributed by atoms with Crippen LogP contribution in [0.4, 0.5) is 4.39 Å². The van der Waals surface area contributed by atoms with Crippen molar-refractivity contribution in [3.63, 3.8) is 0 Å². The Labute approximate surface area is 127 Å². The van der Waals surface area contributed by atoms with Gasteiger partial charge in [-0.1, -0.05) is 16.8 Å². The Hall–Kier alpha value is -1.31. The fourth-order valence-electron chi connectivity index (χ4n) is 1.86. The van der Waals surface area contributed by atoms with Gasteiger partial charge in [0, 0.05) is 17.6 Å². The zero-order chi connectivity index (χ0) is 14.3. The number of carbonyl (C=O) groups is 1. The molecule has 2 heterocycles. The molecular formula is C12H9BrClFN4O. The maximum absolute atomic E-state index is 14.0. The second kappa shape index (κ2) is 5.23. The summed E-state index contributed by atoms with van der Waals surface area (Å²) in [7, 11) is 0. The standard InChI is InChI=1S/C12H9BrClFN4O/c13-8-2-1-7(11(15)10(8)14)12(20)9-5-19(18-17-9)6-3-16-4-6/h1-2,5-6,16H,3-4H2. The van der Waals surface area contributed by atoms with E-state index in [2.05, 4.69) is 31.6 Å². The first-order valence-electron chi connectivity index (χ1n) is 5.88. The van der Waals surface area contributed by atoms with Crippen LogP contribution < -0.4 is 5.32 Å². The number of hydrogen-bond donors (Lipinski definition) is 1. The summed E-state index contributed by atoms with van der Waals surface area (Å²) in [5.41, 5.74) is -0.00817. The van der Waals surface area contributed by atoms with E-state index in [9.17, 15) is 9.18 Å². The molecule has 0 bridgehead atoms. The highest BCUT2D eigenvalue weighted by atomic mass is 79.9. The fraction of sp³-hybridized carbons (Fsp3) is 0.250. The summed E-state index contributed by atoms with van der Waals surface area (Å²) in [6.07, 6.45) is 1.53. The molecule has 0 saturated carbocycles. The first kappa shape index (κ1) is 13.7. The third-order valence-corrected chi connectivity index (χ3v) is 4.42. The van der Waals surface area contributed by atoms with E-state index in [0.717, 1.165) is 13.1 Å². The average Bonchev–Trinajstić information content (AvgIpc) is 2.83. The van der Waals surface area contributed by atoms with Crippen LogP contribution in [0, 0.1) is 5.82 Å².